The zero-order valence-corrected chi connectivity index (χ0v) is 9.87. The number of rotatable bonds is 3. The minimum atomic E-state index is -0.935. The van der Waals surface area contributed by atoms with Crippen molar-refractivity contribution in [1.29, 1.82) is 0 Å². The number of carbonyl (C=O) groups is 1. The standard InChI is InChI=1S/C12H14F2N2O2/c1-18-12(17)8-4-11(10(14)5-9(8)13)16-7-2-6(15)3-7/h4-7,16H,2-3,15H2,1H3. The highest BCUT2D eigenvalue weighted by Gasteiger charge is 2.27. The highest BCUT2D eigenvalue weighted by molar-refractivity contribution is 5.90. The lowest BCUT2D eigenvalue weighted by atomic mass is 9.87. The molecular formula is C12H14F2N2O2. The third-order valence-corrected chi connectivity index (χ3v) is 3.00. The van der Waals surface area contributed by atoms with E-state index in [-0.39, 0.29) is 23.3 Å². The Labute approximate surface area is 103 Å². The van der Waals surface area contributed by atoms with Gasteiger partial charge in [0.15, 0.2) is 0 Å². The van der Waals surface area contributed by atoms with Crippen LogP contribution >= 0.6 is 0 Å². The number of carbonyl (C=O) groups excluding carboxylic acids is 1. The Kier molecular flexibility index (Phi) is 3.47. The van der Waals surface area contributed by atoms with Crippen molar-refractivity contribution < 1.29 is 18.3 Å². The molecule has 1 fully saturated rings. The van der Waals surface area contributed by atoms with Gasteiger partial charge < -0.3 is 15.8 Å². The van der Waals surface area contributed by atoms with Gasteiger partial charge in [-0.2, -0.15) is 0 Å². The van der Waals surface area contributed by atoms with Crippen molar-refractivity contribution in [3.8, 4) is 0 Å². The fraction of sp³-hybridized carbons (Fsp3) is 0.417. The maximum absolute atomic E-state index is 13.5. The van der Waals surface area contributed by atoms with Gasteiger partial charge in [0.1, 0.15) is 11.6 Å². The highest BCUT2D eigenvalue weighted by atomic mass is 19.1. The van der Waals surface area contributed by atoms with Crippen LogP contribution in [0, 0.1) is 11.6 Å². The molecule has 0 unspecified atom stereocenters. The Bertz CT molecular complexity index is 473. The summed E-state index contributed by atoms with van der Waals surface area (Å²) >= 11 is 0. The van der Waals surface area contributed by atoms with Gasteiger partial charge >= 0.3 is 5.97 Å². The number of benzene rings is 1. The third kappa shape index (κ3) is 2.43. The molecule has 0 radical (unpaired) electrons. The fourth-order valence-corrected chi connectivity index (χ4v) is 1.93. The summed E-state index contributed by atoms with van der Waals surface area (Å²) in [5.41, 5.74) is 5.42. The molecule has 0 heterocycles. The van der Waals surface area contributed by atoms with Crippen molar-refractivity contribution in [3.05, 3.63) is 29.3 Å². The van der Waals surface area contributed by atoms with E-state index in [0.717, 1.165) is 26.0 Å². The first kappa shape index (κ1) is 12.8. The number of anilines is 1. The lowest BCUT2D eigenvalue weighted by molar-refractivity contribution is 0.0595. The number of hydrogen-bond acceptors (Lipinski definition) is 4. The van der Waals surface area contributed by atoms with Gasteiger partial charge in [0.25, 0.3) is 0 Å². The van der Waals surface area contributed by atoms with Gasteiger partial charge in [0.2, 0.25) is 0 Å². The summed E-state index contributed by atoms with van der Waals surface area (Å²) in [4.78, 5) is 11.3. The van der Waals surface area contributed by atoms with E-state index in [1.54, 1.807) is 0 Å². The summed E-state index contributed by atoms with van der Waals surface area (Å²) in [7, 11) is 1.14. The van der Waals surface area contributed by atoms with Crippen molar-refractivity contribution in [1.82, 2.24) is 0 Å². The number of nitrogens with two attached hydrogens (primary N) is 1. The van der Waals surface area contributed by atoms with Crippen molar-refractivity contribution in [3.63, 3.8) is 0 Å². The monoisotopic (exact) mass is 256 g/mol. The molecule has 0 spiro atoms. The molecular weight excluding hydrogens is 242 g/mol. The van der Waals surface area contributed by atoms with Gasteiger partial charge in [-0.1, -0.05) is 0 Å². The Morgan fingerprint density at radius 1 is 1.39 bits per heavy atom. The Hall–Kier alpha value is -1.69. The third-order valence-electron chi connectivity index (χ3n) is 3.00. The Morgan fingerprint density at radius 3 is 2.61 bits per heavy atom. The van der Waals surface area contributed by atoms with Crippen LogP contribution in [-0.4, -0.2) is 25.2 Å². The minimum absolute atomic E-state index is 0.0606. The average Bonchev–Trinajstić information content (AvgIpc) is 2.29. The molecule has 2 rings (SSSR count). The van der Waals surface area contributed by atoms with Crippen LogP contribution in [0.3, 0.4) is 0 Å². The molecule has 0 bridgehead atoms. The highest BCUT2D eigenvalue weighted by Crippen LogP contribution is 2.26. The molecule has 98 valence electrons. The van der Waals surface area contributed by atoms with Gasteiger partial charge in [-0.3, -0.25) is 0 Å². The smallest absolute Gasteiger partial charge is 0.340 e. The molecule has 1 aromatic carbocycles. The van der Waals surface area contributed by atoms with E-state index in [1.165, 1.54) is 0 Å². The van der Waals surface area contributed by atoms with E-state index >= 15 is 0 Å². The molecule has 1 aliphatic carbocycles. The number of halogens is 2. The van der Waals surface area contributed by atoms with E-state index < -0.39 is 17.6 Å². The molecule has 6 heteroatoms. The molecule has 0 aromatic heterocycles. The summed E-state index contributed by atoms with van der Waals surface area (Å²) in [6.45, 7) is 0. The van der Waals surface area contributed by atoms with Crippen LogP contribution in [0.1, 0.15) is 23.2 Å². The molecule has 3 N–H and O–H groups in total. The maximum atomic E-state index is 13.5. The predicted molar refractivity (Wildman–Crippen MR) is 62.3 cm³/mol. The fourth-order valence-electron chi connectivity index (χ4n) is 1.93. The molecule has 18 heavy (non-hydrogen) atoms. The summed E-state index contributed by atoms with van der Waals surface area (Å²) in [5.74, 6) is -2.50. The van der Waals surface area contributed by atoms with Crippen molar-refractivity contribution in [2.45, 2.75) is 24.9 Å². The van der Waals surface area contributed by atoms with Crippen LogP contribution in [0.5, 0.6) is 0 Å². The van der Waals surface area contributed by atoms with E-state index in [9.17, 15) is 13.6 Å². The first-order valence-electron chi connectivity index (χ1n) is 5.60. The molecule has 4 nitrogen and oxygen atoms in total. The molecule has 0 atom stereocenters. The van der Waals surface area contributed by atoms with Crippen molar-refractivity contribution in [2.75, 3.05) is 12.4 Å². The van der Waals surface area contributed by atoms with E-state index in [1.807, 2.05) is 0 Å². The lowest BCUT2D eigenvalue weighted by Gasteiger charge is -2.33. The number of methoxy groups -OCH3 is 1. The predicted octanol–water partition coefficient (Wildman–Crippen LogP) is 1.65. The summed E-state index contributed by atoms with van der Waals surface area (Å²) in [5, 5.41) is 2.89. The number of esters is 1. The van der Waals surface area contributed by atoms with Crippen molar-refractivity contribution >= 4 is 11.7 Å². The molecule has 1 aliphatic rings. The zero-order valence-electron chi connectivity index (χ0n) is 9.87. The Morgan fingerprint density at radius 2 is 2.06 bits per heavy atom. The normalized spacial score (nSPS) is 22.2. The van der Waals surface area contributed by atoms with Crippen LogP contribution in [0.25, 0.3) is 0 Å². The summed E-state index contributed by atoms with van der Waals surface area (Å²) in [6, 6.07) is 1.98. The number of ether oxygens (including phenoxy) is 1. The molecule has 0 amide bonds. The zero-order chi connectivity index (χ0) is 13.3. The summed E-state index contributed by atoms with van der Waals surface area (Å²) in [6.07, 6.45) is 1.45. The van der Waals surface area contributed by atoms with Crippen molar-refractivity contribution in [2.24, 2.45) is 5.73 Å². The second-order valence-corrected chi connectivity index (χ2v) is 4.38. The average molecular weight is 256 g/mol. The van der Waals surface area contributed by atoms with Gasteiger partial charge in [-0.25, -0.2) is 13.6 Å². The molecule has 0 aliphatic heterocycles. The van der Waals surface area contributed by atoms with E-state index in [0.29, 0.717) is 6.07 Å². The van der Waals surface area contributed by atoms with Gasteiger partial charge in [0.05, 0.1) is 18.4 Å². The lowest BCUT2D eigenvalue weighted by Crippen LogP contribution is -2.44. The van der Waals surface area contributed by atoms with Crippen LogP contribution in [0.15, 0.2) is 12.1 Å². The first-order chi connectivity index (χ1) is 8.51. The first-order valence-corrected chi connectivity index (χ1v) is 5.60. The van der Waals surface area contributed by atoms with Gasteiger partial charge in [-0.05, 0) is 18.9 Å². The summed E-state index contributed by atoms with van der Waals surface area (Å²) < 4.78 is 31.3. The van der Waals surface area contributed by atoms with Gasteiger partial charge in [0, 0.05) is 18.2 Å². The molecule has 1 aromatic rings. The van der Waals surface area contributed by atoms with E-state index in [4.69, 9.17) is 5.73 Å². The van der Waals surface area contributed by atoms with Crippen LogP contribution < -0.4 is 11.1 Å². The quantitative estimate of drug-likeness (QED) is 0.807. The number of nitrogens with one attached hydrogen (secondary N) is 1. The topological polar surface area (TPSA) is 64.3 Å². The SMILES string of the molecule is COC(=O)c1cc(NC2CC(N)C2)c(F)cc1F. The molecule has 1 saturated carbocycles. The van der Waals surface area contributed by atoms with E-state index in [2.05, 4.69) is 10.1 Å². The number of hydrogen-bond donors (Lipinski definition) is 2. The largest absolute Gasteiger partial charge is 0.465 e. The Balaban J connectivity index is 2.21. The van der Waals surface area contributed by atoms with Crippen LogP contribution in [-0.2, 0) is 4.74 Å². The van der Waals surface area contributed by atoms with Crippen LogP contribution in [0.4, 0.5) is 14.5 Å². The second-order valence-electron chi connectivity index (χ2n) is 4.38. The molecule has 0 saturated heterocycles. The van der Waals surface area contributed by atoms with Gasteiger partial charge in [-0.15, -0.1) is 0 Å². The minimum Gasteiger partial charge on any atom is -0.465 e. The maximum Gasteiger partial charge on any atom is 0.340 e. The van der Waals surface area contributed by atoms with Crippen LogP contribution in [0.2, 0.25) is 0 Å². The second kappa shape index (κ2) is 4.89.